The van der Waals surface area contributed by atoms with E-state index >= 15 is 0 Å². The maximum absolute atomic E-state index is 12.0. The molecule has 2 heterocycles. The Morgan fingerprint density at radius 2 is 1.81 bits per heavy atom. The minimum atomic E-state index is -0.335. The number of hydrogen-bond acceptors (Lipinski definition) is 4. The third-order valence-electron chi connectivity index (χ3n) is 5.01. The second-order valence-corrected chi connectivity index (χ2v) is 7.24. The first-order valence-corrected chi connectivity index (χ1v) is 9.31. The van der Waals surface area contributed by atoms with Gasteiger partial charge in [-0.2, -0.15) is 0 Å². The molecule has 1 N–H and O–H groups in total. The van der Waals surface area contributed by atoms with Crippen molar-refractivity contribution in [3.8, 4) is 0 Å². The summed E-state index contributed by atoms with van der Waals surface area (Å²) in [6, 6.07) is 10.0. The van der Waals surface area contributed by atoms with Crippen molar-refractivity contribution in [2.75, 3.05) is 26.7 Å². The molecular weight excluding hydrogens is 328 g/mol. The normalized spacial score (nSPS) is 15.0. The Labute approximate surface area is 154 Å². The van der Waals surface area contributed by atoms with Crippen molar-refractivity contribution in [1.29, 1.82) is 0 Å². The number of hydrogen-bond donors (Lipinski definition) is 1. The molecule has 0 saturated carbocycles. The predicted octanol–water partition coefficient (Wildman–Crippen LogP) is 1.57. The average molecular weight is 356 g/mol. The van der Waals surface area contributed by atoms with Crippen LogP contribution in [0.3, 0.4) is 0 Å². The number of benzene rings is 1. The minimum absolute atomic E-state index is 0.242. The number of rotatable bonds is 7. The lowest BCUT2D eigenvalue weighted by Crippen LogP contribution is -2.38. The van der Waals surface area contributed by atoms with Crippen LogP contribution in [-0.2, 0) is 19.6 Å². The lowest BCUT2D eigenvalue weighted by Gasteiger charge is -2.21. The zero-order chi connectivity index (χ0) is 18.5. The van der Waals surface area contributed by atoms with Gasteiger partial charge in [-0.15, -0.1) is 0 Å². The molecule has 1 saturated heterocycles. The zero-order valence-corrected chi connectivity index (χ0v) is 15.7. The lowest BCUT2D eigenvalue weighted by molar-refractivity contribution is 0.299. The molecule has 6 nitrogen and oxygen atoms in total. The predicted molar refractivity (Wildman–Crippen MR) is 103 cm³/mol. The van der Waals surface area contributed by atoms with E-state index in [1.165, 1.54) is 47.7 Å². The maximum atomic E-state index is 12.0. The summed E-state index contributed by atoms with van der Waals surface area (Å²) in [5.74, 6) is 0. The second-order valence-electron chi connectivity index (χ2n) is 7.24. The van der Waals surface area contributed by atoms with Crippen molar-refractivity contribution in [2.24, 2.45) is 0 Å². The first-order valence-electron chi connectivity index (χ1n) is 9.31. The molecule has 1 fully saturated rings. The third kappa shape index (κ3) is 4.71. The Bertz CT molecular complexity index is 818. The van der Waals surface area contributed by atoms with Crippen molar-refractivity contribution < 1.29 is 0 Å². The Balaban J connectivity index is 1.62. The van der Waals surface area contributed by atoms with E-state index in [4.69, 9.17) is 0 Å². The molecule has 140 valence electrons. The van der Waals surface area contributed by atoms with Gasteiger partial charge in [-0.3, -0.25) is 14.3 Å². The van der Waals surface area contributed by atoms with Gasteiger partial charge in [-0.1, -0.05) is 24.3 Å². The van der Waals surface area contributed by atoms with Gasteiger partial charge in [0.25, 0.3) is 5.56 Å². The van der Waals surface area contributed by atoms with Gasteiger partial charge in [0, 0.05) is 37.9 Å². The third-order valence-corrected chi connectivity index (χ3v) is 5.01. The van der Waals surface area contributed by atoms with E-state index < -0.39 is 0 Å². The number of nitrogens with one attached hydrogen (secondary N) is 1. The molecule has 26 heavy (non-hydrogen) atoms. The van der Waals surface area contributed by atoms with E-state index in [0.29, 0.717) is 18.8 Å². The van der Waals surface area contributed by atoms with Crippen LogP contribution in [0.1, 0.15) is 29.7 Å². The molecule has 0 bridgehead atoms. The Morgan fingerprint density at radius 3 is 2.50 bits per heavy atom. The summed E-state index contributed by atoms with van der Waals surface area (Å²) in [6.07, 6.45) is 2.59. The smallest absolute Gasteiger partial charge is 0.311 e. The molecule has 1 aliphatic heterocycles. The summed E-state index contributed by atoms with van der Waals surface area (Å²) >= 11 is 0. The molecule has 0 spiro atoms. The molecular formula is C20H28N4O2. The highest BCUT2D eigenvalue weighted by molar-refractivity contribution is 5.27. The fraction of sp³-hybridized carbons (Fsp3) is 0.500. The number of aromatic amines is 1. The molecule has 0 radical (unpaired) electrons. The quantitative estimate of drug-likeness (QED) is 0.818. The van der Waals surface area contributed by atoms with Crippen LogP contribution in [0.25, 0.3) is 0 Å². The van der Waals surface area contributed by atoms with Crippen molar-refractivity contribution >= 4 is 0 Å². The molecule has 0 atom stereocenters. The summed E-state index contributed by atoms with van der Waals surface area (Å²) in [5.41, 5.74) is 2.70. The van der Waals surface area contributed by atoms with E-state index in [1.54, 1.807) is 6.92 Å². The number of nitrogens with zero attached hydrogens (tertiary/aromatic N) is 3. The van der Waals surface area contributed by atoms with Crippen LogP contribution in [0.4, 0.5) is 0 Å². The van der Waals surface area contributed by atoms with Crippen molar-refractivity contribution in [2.45, 2.75) is 39.4 Å². The van der Waals surface area contributed by atoms with Crippen LogP contribution in [0, 0.1) is 6.92 Å². The standard InChI is InChI=1S/C20H28N4O2/c1-16-13-19(25)24(20(26)21-16)12-11-22(2)14-17-7-3-4-8-18(17)15-23-9-5-6-10-23/h3-4,7-8,13H,5-6,9-12,14-15H2,1-2H3,(H,21,26). The Kier molecular flexibility index (Phi) is 6.06. The first-order chi connectivity index (χ1) is 12.5. The fourth-order valence-electron chi connectivity index (χ4n) is 3.54. The topological polar surface area (TPSA) is 61.3 Å². The van der Waals surface area contributed by atoms with E-state index in [9.17, 15) is 9.59 Å². The van der Waals surface area contributed by atoms with Crippen LogP contribution in [0.2, 0.25) is 0 Å². The lowest BCUT2D eigenvalue weighted by atomic mass is 10.1. The van der Waals surface area contributed by atoms with Gasteiger partial charge in [0.15, 0.2) is 0 Å². The van der Waals surface area contributed by atoms with Crippen LogP contribution >= 0.6 is 0 Å². The fourth-order valence-corrected chi connectivity index (χ4v) is 3.54. The molecule has 2 aromatic rings. The molecule has 0 aliphatic carbocycles. The number of likely N-dealkylation sites (N-methyl/N-ethyl adjacent to an activating group) is 1. The molecule has 1 aromatic carbocycles. The van der Waals surface area contributed by atoms with Gasteiger partial charge >= 0.3 is 5.69 Å². The molecule has 3 rings (SSSR count). The van der Waals surface area contributed by atoms with Crippen molar-refractivity contribution in [1.82, 2.24) is 19.4 Å². The van der Waals surface area contributed by atoms with Gasteiger partial charge in [-0.05, 0) is 51.0 Å². The van der Waals surface area contributed by atoms with E-state index in [2.05, 4.69) is 39.0 Å². The molecule has 6 heteroatoms. The van der Waals surface area contributed by atoms with Crippen molar-refractivity contribution in [3.05, 3.63) is 68.0 Å². The number of H-pyrrole nitrogens is 1. The van der Waals surface area contributed by atoms with Gasteiger partial charge < -0.3 is 9.88 Å². The summed E-state index contributed by atoms with van der Waals surface area (Å²) in [4.78, 5) is 31.3. The highest BCUT2D eigenvalue weighted by Gasteiger charge is 2.14. The van der Waals surface area contributed by atoms with Gasteiger partial charge in [0.05, 0.1) is 0 Å². The average Bonchev–Trinajstić information content (AvgIpc) is 3.08. The Morgan fingerprint density at radius 1 is 1.12 bits per heavy atom. The number of aromatic nitrogens is 2. The summed E-state index contributed by atoms with van der Waals surface area (Å²) in [6.45, 7) is 6.93. The van der Waals surface area contributed by atoms with Gasteiger partial charge in [0.2, 0.25) is 0 Å². The number of aryl methyl sites for hydroxylation is 1. The largest absolute Gasteiger partial charge is 0.328 e. The highest BCUT2D eigenvalue weighted by Crippen LogP contribution is 2.17. The first kappa shape index (κ1) is 18.6. The molecule has 0 unspecified atom stereocenters. The number of likely N-dealkylation sites (tertiary alicyclic amines) is 1. The summed E-state index contributed by atoms with van der Waals surface area (Å²) < 4.78 is 1.26. The van der Waals surface area contributed by atoms with Crippen LogP contribution in [-0.4, -0.2) is 46.0 Å². The van der Waals surface area contributed by atoms with Gasteiger partial charge in [0.1, 0.15) is 0 Å². The summed E-state index contributed by atoms with van der Waals surface area (Å²) in [7, 11) is 2.03. The van der Waals surface area contributed by atoms with Crippen molar-refractivity contribution in [3.63, 3.8) is 0 Å². The maximum Gasteiger partial charge on any atom is 0.328 e. The van der Waals surface area contributed by atoms with E-state index in [0.717, 1.165) is 13.1 Å². The monoisotopic (exact) mass is 356 g/mol. The highest BCUT2D eigenvalue weighted by atomic mass is 16.2. The SMILES string of the molecule is Cc1cc(=O)n(CCN(C)Cc2ccccc2CN2CCCC2)c(=O)[nH]1. The Hall–Kier alpha value is -2.18. The van der Waals surface area contributed by atoms with E-state index in [-0.39, 0.29) is 11.2 Å². The zero-order valence-electron chi connectivity index (χ0n) is 15.7. The second kappa shape index (κ2) is 8.47. The molecule has 0 amide bonds. The minimum Gasteiger partial charge on any atom is -0.311 e. The van der Waals surface area contributed by atoms with Gasteiger partial charge in [-0.25, -0.2) is 4.79 Å². The van der Waals surface area contributed by atoms with Crippen LogP contribution in [0.15, 0.2) is 39.9 Å². The molecule has 1 aliphatic rings. The van der Waals surface area contributed by atoms with E-state index in [1.807, 2.05) is 7.05 Å². The summed E-state index contributed by atoms with van der Waals surface area (Å²) in [5, 5.41) is 0. The molecule has 1 aromatic heterocycles. The van der Waals surface area contributed by atoms with Crippen LogP contribution in [0.5, 0.6) is 0 Å². The van der Waals surface area contributed by atoms with Crippen LogP contribution < -0.4 is 11.2 Å².